The molecular weight excluding hydrogens is 198 g/mol. The lowest BCUT2D eigenvalue weighted by atomic mass is 10.1. The van der Waals surface area contributed by atoms with Crippen LogP contribution in [0.2, 0.25) is 0 Å². The largest absolute Gasteiger partial charge is 0.466 e. The fraction of sp³-hybridized carbons (Fsp3) is 0.700. The summed E-state index contributed by atoms with van der Waals surface area (Å²) >= 11 is 2.01. The molecule has 0 spiro atoms. The van der Waals surface area contributed by atoms with E-state index < -0.39 is 0 Å². The zero-order chi connectivity index (χ0) is 10.2. The average Bonchev–Trinajstić information content (AvgIpc) is 2.25. The first kappa shape index (κ1) is 11.6. The van der Waals surface area contributed by atoms with Crippen LogP contribution in [0.1, 0.15) is 12.8 Å². The second kappa shape index (κ2) is 6.90. The number of hydrogen-bond donors (Lipinski definition) is 1. The Bertz CT molecular complexity index is 200. The molecule has 1 heterocycles. The first-order chi connectivity index (χ1) is 6.83. The number of ether oxygens (including phenoxy) is 1. The van der Waals surface area contributed by atoms with Crippen LogP contribution in [0.25, 0.3) is 0 Å². The molecule has 1 N–H and O–H groups in total. The predicted octanol–water partition coefficient (Wildman–Crippen LogP) is 1.20. The van der Waals surface area contributed by atoms with E-state index in [1.165, 1.54) is 37.5 Å². The molecule has 0 aromatic carbocycles. The van der Waals surface area contributed by atoms with E-state index >= 15 is 0 Å². The molecule has 1 saturated heterocycles. The highest BCUT2D eigenvalue weighted by molar-refractivity contribution is 7.99. The zero-order valence-electron chi connectivity index (χ0n) is 8.49. The van der Waals surface area contributed by atoms with E-state index in [2.05, 4.69) is 10.1 Å². The molecule has 0 unspecified atom stereocenters. The summed E-state index contributed by atoms with van der Waals surface area (Å²) in [7, 11) is 1.39. The predicted molar refractivity (Wildman–Crippen MR) is 59.5 cm³/mol. The number of thioether (sulfide) groups is 1. The molecule has 80 valence electrons. The maximum absolute atomic E-state index is 10.7. The van der Waals surface area contributed by atoms with Crippen molar-refractivity contribution in [2.24, 2.45) is 0 Å². The van der Waals surface area contributed by atoms with Crippen molar-refractivity contribution in [3.05, 3.63) is 12.2 Å². The fourth-order valence-corrected chi connectivity index (χ4v) is 2.47. The Morgan fingerprint density at radius 3 is 2.93 bits per heavy atom. The van der Waals surface area contributed by atoms with Gasteiger partial charge in [-0.1, -0.05) is 6.08 Å². The summed E-state index contributed by atoms with van der Waals surface area (Å²) in [5.74, 6) is 2.21. The molecule has 3 nitrogen and oxygen atoms in total. The van der Waals surface area contributed by atoms with Gasteiger partial charge in [-0.2, -0.15) is 11.8 Å². The van der Waals surface area contributed by atoms with Crippen molar-refractivity contribution < 1.29 is 9.53 Å². The average molecular weight is 215 g/mol. The van der Waals surface area contributed by atoms with Crippen molar-refractivity contribution in [1.29, 1.82) is 0 Å². The first-order valence-corrected chi connectivity index (χ1v) is 6.04. The summed E-state index contributed by atoms with van der Waals surface area (Å²) in [6.07, 6.45) is 5.74. The molecule has 0 saturated carbocycles. The van der Waals surface area contributed by atoms with Crippen LogP contribution in [-0.2, 0) is 9.53 Å². The van der Waals surface area contributed by atoms with E-state index in [4.69, 9.17) is 0 Å². The van der Waals surface area contributed by atoms with E-state index in [1.54, 1.807) is 0 Å². The molecule has 0 aromatic heterocycles. The standard InChI is InChI=1S/C10H17NO2S/c1-13-10(12)3-2-6-11-9-4-7-14-8-5-9/h2-3,9,11H,4-8H2,1H3/b3-2+. The summed E-state index contributed by atoms with van der Waals surface area (Å²) in [5, 5.41) is 3.39. The van der Waals surface area contributed by atoms with Crippen LogP contribution in [0.15, 0.2) is 12.2 Å². The number of hydrogen-bond acceptors (Lipinski definition) is 4. The van der Waals surface area contributed by atoms with E-state index in [0.717, 1.165) is 6.54 Å². The molecule has 0 atom stereocenters. The van der Waals surface area contributed by atoms with Crippen molar-refractivity contribution >= 4 is 17.7 Å². The maximum Gasteiger partial charge on any atom is 0.330 e. The third-order valence-electron chi connectivity index (χ3n) is 2.20. The van der Waals surface area contributed by atoms with Gasteiger partial charge in [0.2, 0.25) is 0 Å². The summed E-state index contributed by atoms with van der Waals surface area (Å²) in [5.41, 5.74) is 0. The summed E-state index contributed by atoms with van der Waals surface area (Å²) in [6.45, 7) is 0.754. The molecule has 0 aliphatic carbocycles. The maximum atomic E-state index is 10.7. The number of rotatable bonds is 4. The molecule has 1 aliphatic rings. The highest BCUT2D eigenvalue weighted by Crippen LogP contribution is 2.16. The Hall–Kier alpha value is -0.480. The lowest BCUT2D eigenvalue weighted by Crippen LogP contribution is -2.32. The molecular formula is C10H17NO2S. The van der Waals surface area contributed by atoms with Crippen LogP contribution in [0, 0.1) is 0 Å². The van der Waals surface area contributed by atoms with E-state index in [0.29, 0.717) is 6.04 Å². The van der Waals surface area contributed by atoms with Gasteiger partial charge in [0.05, 0.1) is 7.11 Å². The van der Waals surface area contributed by atoms with Crippen LogP contribution >= 0.6 is 11.8 Å². The minimum atomic E-state index is -0.286. The number of nitrogens with one attached hydrogen (secondary N) is 1. The van der Waals surface area contributed by atoms with Gasteiger partial charge in [-0.05, 0) is 24.3 Å². The van der Waals surface area contributed by atoms with Crippen LogP contribution in [0.4, 0.5) is 0 Å². The lowest BCUT2D eigenvalue weighted by molar-refractivity contribution is -0.134. The normalized spacial score (nSPS) is 18.6. The second-order valence-corrected chi connectivity index (χ2v) is 4.45. The number of carbonyl (C=O) groups is 1. The SMILES string of the molecule is COC(=O)/C=C/CNC1CCSCC1. The first-order valence-electron chi connectivity index (χ1n) is 4.88. The Labute approximate surface area is 89.3 Å². The molecule has 4 heteroatoms. The topological polar surface area (TPSA) is 38.3 Å². The lowest BCUT2D eigenvalue weighted by Gasteiger charge is -2.21. The van der Waals surface area contributed by atoms with Crippen molar-refractivity contribution in [2.45, 2.75) is 18.9 Å². The van der Waals surface area contributed by atoms with Crippen LogP contribution < -0.4 is 5.32 Å². The Morgan fingerprint density at radius 2 is 2.29 bits per heavy atom. The Morgan fingerprint density at radius 1 is 1.57 bits per heavy atom. The van der Waals surface area contributed by atoms with Gasteiger partial charge in [0.15, 0.2) is 0 Å². The molecule has 1 fully saturated rings. The van der Waals surface area contributed by atoms with Crippen LogP contribution in [0.5, 0.6) is 0 Å². The van der Waals surface area contributed by atoms with Crippen LogP contribution in [-0.4, -0.2) is 37.2 Å². The quantitative estimate of drug-likeness (QED) is 0.565. The van der Waals surface area contributed by atoms with Crippen molar-refractivity contribution in [1.82, 2.24) is 5.32 Å². The minimum Gasteiger partial charge on any atom is -0.466 e. The van der Waals surface area contributed by atoms with Gasteiger partial charge in [-0.15, -0.1) is 0 Å². The van der Waals surface area contributed by atoms with E-state index in [1.807, 2.05) is 17.8 Å². The molecule has 0 aromatic rings. The van der Waals surface area contributed by atoms with Crippen molar-refractivity contribution in [3.8, 4) is 0 Å². The highest BCUT2D eigenvalue weighted by Gasteiger charge is 2.11. The molecule has 1 rings (SSSR count). The summed E-state index contributed by atoms with van der Waals surface area (Å²) in [6, 6.07) is 0.624. The molecule has 0 radical (unpaired) electrons. The van der Waals surface area contributed by atoms with Gasteiger partial charge >= 0.3 is 5.97 Å². The van der Waals surface area contributed by atoms with E-state index in [-0.39, 0.29) is 5.97 Å². The molecule has 0 bridgehead atoms. The molecule has 1 aliphatic heterocycles. The number of esters is 1. The highest BCUT2D eigenvalue weighted by atomic mass is 32.2. The van der Waals surface area contributed by atoms with Gasteiger partial charge < -0.3 is 10.1 Å². The van der Waals surface area contributed by atoms with Gasteiger partial charge in [-0.3, -0.25) is 0 Å². The third kappa shape index (κ3) is 4.67. The van der Waals surface area contributed by atoms with E-state index in [9.17, 15) is 4.79 Å². The summed E-state index contributed by atoms with van der Waals surface area (Å²) < 4.78 is 4.49. The number of methoxy groups -OCH3 is 1. The van der Waals surface area contributed by atoms with Crippen molar-refractivity contribution in [2.75, 3.05) is 25.2 Å². The molecule has 0 amide bonds. The molecule has 14 heavy (non-hydrogen) atoms. The van der Waals surface area contributed by atoms with Crippen molar-refractivity contribution in [3.63, 3.8) is 0 Å². The Kier molecular flexibility index (Phi) is 5.71. The van der Waals surface area contributed by atoms with Gasteiger partial charge in [0.1, 0.15) is 0 Å². The smallest absolute Gasteiger partial charge is 0.330 e. The number of carbonyl (C=O) groups excluding carboxylic acids is 1. The summed E-state index contributed by atoms with van der Waals surface area (Å²) in [4.78, 5) is 10.7. The zero-order valence-corrected chi connectivity index (χ0v) is 9.31. The Balaban J connectivity index is 2.07. The third-order valence-corrected chi connectivity index (χ3v) is 3.25. The fourth-order valence-electron chi connectivity index (χ4n) is 1.36. The minimum absolute atomic E-state index is 0.286. The van der Waals surface area contributed by atoms with Gasteiger partial charge in [0, 0.05) is 18.7 Å². The van der Waals surface area contributed by atoms with Gasteiger partial charge in [0.25, 0.3) is 0 Å². The van der Waals surface area contributed by atoms with Gasteiger partial charge in [-0.25, -0.2) is 4.79 Å². The monoisotopic (exact) mass is 215 g/mol. The second-order valence-electron chi connectivity index (χ2n) is 3.22. The van der Waals surface area contributed by atoms with Crippen LogP contribution in [0.3, 0.4) is 0 Å².